The van der Waals surface area contributed by atoms with Crippen LogP contribution in [-0.2, 0) is 6.54 Å². The largest absolute Gasteiger partial charge is 0.364 e. The number of rotatable bonds is 6. The molecule has 0 radical (unpaired) electrons. The van der Waals surface area contributed by atoms with Gasteiger partial charge in [-0.2, -0.15) is 0 Å². The Kier molecular flexibility index (Phi) is 5.34. The third-order valence-corrected chi connectivity index (χ3v) is 2.92. The van der Waals surface area contributed by atoms with Crippen LogP contribution in [0.25, 0.3) is 0 Å². The fourth-order valence-corrected chi connectivity index (χ4v) is 1.53. The molecule has 1 N–H and O–H groups in total. The van der Waals surface area contributed by atoms with Crippen molar-refractivity contribution in [1.82, 2.24) is 14.5 Å². The second-order valence-corrected chi connectivity index (χ2v) is 5.32. The first-order chi connectivity index (χ1) is 8.41. The Balaban J connectivity index is 2.75. The Morgan fingerprint density at radius 1 is 1.39 bits per heavy atom. The highest BCUT2D eigenvalue weighted by Crippen LogP contribution is 1.99. The molecule has 102 valence electrons. The maximum absolute atomic E-state index is 12.1. The molecule has 5 nitrogen and oxygen atoms in total. The fraction of sp³-hybridized carbons (Fsp3) is 0.692. The lowest BCUT2D eigenvalue weighted by Gasteiger charge is -2.20. The van der Waals surface area contributed by atoms with Gasteiger partial charge in [-0.1, -0.05) is 13.8 Å². The van der Waals surface area contributed by atoms with Crippen LogP contribution in [0.15, 0.2) is 17.2 Å². The first kappa shape index (κ1) is 14.7. The second-order valence-electron chi connectivity index (χ2n) is 5.32. The number of hydrogen-bond acceptors (Lipinski definition) is 4. The van der Waals surface area contributed by atoms with Gasteiger partial charge in [0.05, 0.1) is 0 Å². The van der Waals surface area contributed by atoms with E-state index in [1.807, 2.05) is 14.1 Å². The Morgan fingerprint density at radius 2 is 2.06 bits per heavy atom. The van der Waals surface area contributed by atoms with Gasteiger partial charge in [0.25, 0.3) is 5.56 Å². The molecule has 1 atom stereocenters. The summed E-state index contributed by atoms with van der Waals surface area (Å²) < 4.78 is 1.71. The molecule has 1 aromatic rings. The molecule has 1 unspecified atom stereocenters. The Labute approximate surface area is 109 Å². The quantitative estimate of drug-likeness (QED) is 0.828. The Hall–Kier alpha value is -1.36. The molecule has 0 aliphatic carbocycles. The van der Waals surface area contributed by atoms with Crippen LogP contribution in [-0.4, -0.2) is 41.1 Å². The van der Waals surface area contributed by atoms with Crippen LogP contribution in [0.3, 0.4) is 0 Å². The van der Waals surface area contributed by atoms with Crippen molar-refractivity contribution >= 4 is 5.82 Å². The highest BCUT2D eigenvalue weighted by molar-refractivity contribution is 5.30. The Bertz CT molecular complexity index is 425. The van der Waals surface area contributed by atoms with Crippen molar-refractivity contribution in [2.24, 2.45) is 5.92 Å². The summed E-state index contributed by atoms with van der Waals surface area (Å²) in [7, 11) is 4.03. The molecule has 0 fully saturated rings. The molecule has 1 rings (SSSR count). The fourth-order valence-electron chi connectivity index (χ4n) is 1.53. The average molecular weight is 252 g/mol. The van der Waals surface area contributed by atoms with Gasteiger partial charge in [-0.25, -0.2) is 4.98 Å². The first-order valence-corrected chi connectivity index (χ1v) is 6.37. The standard InChI is InChI=1S/C13H24N4O/c1-10(2)9-17-7-6-14-12(13(17)18)15-8-11(3)16(4)5/h6-7,10-11H,8-9H2,1-5H3,(H,14,15). The number of nitrogens with one attached hydrogen (secondary N) is 1. The van der Waals surface area contributed by atoms with Crippen LogP contribution in [0, 0.1) is 5.92 Å². The minimum absolute atomic E-state index is 0.0443. The molecule has 0 saturated carbocycles. The maximum Gasteiger partial charge on any atom is 0.293 e. The summed E-state index contributed by atoms with van der Waals surface area (Å²) in [6, 6.07) is 0.352. The van der Waals surface area contributed by atoms with Crippen molar-refractivity contribution < 1.29 is 0 Å². The van der Waals surface area contributed by atoms with Crippen molar-refractivity contribution in [3.05, 3.63) is 22.7 Å². The zero-order valence-corrected chi connectivity index (χ0v) is 12.0. The summed E-state index contributed by atoms with van der Waals surface area (Å²) in [5, 5.41) is 3.12. The van der Waals surface area contributed by atoms with Crippen molar-refractivity contribution in [3.8, 4) is 0 Å². The SMILES string of the molecule is CC(C)Cn1ccnc(NCC(C)N(C)C)c1=O. The van der Waals surface area contributed by atoms with Crippen LogP contribution in [0.1, 0.15) is 20.8 Å². The Morgan fingerprint density at radius 3 is 2.61 bits per heavy atom. The normalized spacial score (nSPS) is 13.1. The lowest BCUT2D eigenvalue weighted by molar-refractivity contribution is 0.326. The summed E-state index contributed by atoms with van der Waals surface area (Å²) in [6.07, 6.45) is 3.41. The molecule has 0 aliphatic rings. The van der Waals surface area contributed by atoms with Crippen molar-refractivity contribution in [2.45, 2.75) is 33.4 Å². The molecule has 0 saturated heterocycles. The molecular formula is C13H24N4O. The van der Waals surface area contributed by atoms with Gasteiger partial charge in [-0.3, -0.25) is 4.79 Å². The third-order valence-electron chi connectivity index (χ3n) is 2.92. The van der Waals surface area contributed by atoms with E-state index in [9.17, 15) is 4.79 Å². The van der Waals surface area contributed by atoms with E-state index in [0.29, 0.717) is 24.3 Å². The van der Waals surface area contributed by atoms with Gasteiger partial charge < -0.3 is 14.8 Å². The van der Waals surface area contributed by atoms with Gasteiger partial charge >= 0.3 is 0 Å². The lowest BCUT2D eigenvalue weighted by atomic mass is 10.2. The van der Waals surface area contributed by atoms with E-state index >= 15 is 0 Å². The summed E-state index contributed by atoms with van der Waals surface area (Å²) in [5.74, 6) is 0.880. The van der Waals surface area contributed by atoms with E-state index in [4.69, 9.17) is 0 Å². The minimum atomic E-state index is -0.0443. The molecule has 1 aromatic heterocycles. The number of aromatic nitrogens is 2. The molecule has 0 aromatic carbocycles. The predicted molar refractivity (Wildman–Crippen MR) is 75.0 cm³/mol. The molecule has 18 heavy (non-hydrogen) atoms. The molecule has 0 bridgehead atoms. The van der Waals surface area contributed by atoms with Gasteiger partial charge in [-0.15, -0.1) is 0 Å². The number of hydrogen-bond donors (Lipinski definition) is 1. The van der Waals surface area contributed by atoms with Gasteiger partial charge in [0.2, 0.25) is 0 Å². The minimum Gasteiger partial charge on any atom is -0.364 e. The maximum atomic E-state index is 12.1. The van der Waals surface area contributed by atoms with E-state index < -0.39 is 0 Å². The molecule has 0 amide bonds. The summed E-state index contributed by atoms with van der Waals surface area (Å²) in [5.41, 5.74) is -0.0443. The zero-order chi connectivity index (χ0) is 13.7. The number of likely N-dealkylation sites (N-methyl/N-ethyl adjacent to an activating group) is 1. The smallest absolute Gasteiger partial charge is 0.293 e. The monoisotopic (exact) mass is 252 g/mol. The van der Waals surface area contributed by atoms with E-state index in [2.05, 4.69) is 36.0 Å². The summed E-state index contributed by atoms with van der Waals surface area (Å²) in [4.78, 5) is 18.3. The predicted octanol–water partition coefficient (Wildman–Crippen LogP) is 1.26. The van der Waals surface area contributed by atoms with E-state index in [0.717, 1.165) is 6.54 Å². The zero-order valence-electron chi connectivity index (χ0n) is 12.0. The number of nitrogens with zero attached hydrogens (tertiary/aromatic N) is 3. The van der Waals surface area contributed by atoms with Crippen LogP contribution in [0.4, 0.5) is 5.82 Å². The van der Waals surface area contributed by atoms with Crippen LogP contribution < -0.4 is 10.9 Å². The molecule has 0 aliphatic heterocycles. The van der Waals surface area contributed by atoms with E-state index in [1.54, 1.807) is 17.0 Å². The highest BCUT2D eigenvalue weighted by atomic mass is 16.1. The van der Waals surface area contributed by atoms with Crippen molar-refractivity contribution in [2.75, 3.05) is 26.0 Å². The summed E-state index contributed by atoms with van der Waals surface area (Å²) >= 11 is 0. The highest BCUT2D eigenvalue weighted by Gasteiger charge is 2.08. The molecule has 1 heterocycles. The first-order valence-electron chi connectivity index (χ1n) is 6.37. The second kappa shape index (κ2) is 6.54. The van der Waals surface area contributed by atoms with Gasteiger partial charge in [0, 0.05) is 31.5 Å². The molecule has 5 heteroatoms. The molecular weight excluding hydrogens is 228 g/mol. The van der Waals surface area contributed by atoms with Crippen LogP contribution >= 0.6 is 0 Å². The van der Waals surface area contributed by atoms with Crippen molar-refractivity contribution in [3.63, 3.8) is 0 Å². The van der Waals surface area contributed by atoms with Crippen molar-refractivity contribution in [1.29, 1.82) is 0 Å². The van der Waals surface area contributed by atoms with E-state index in [1.165, 1.54) is 0 Å². The average Bonchev–Trinajstić information content (AvgIpc) is 2.29. The number of anilines is 1. The third kappa shape index (κ3) is 4.14. The summed E-state index contributed by atoms with van der Waals surface area (Å²) in [6.45, 7) is 7.71. The van der Waals surface area contributed by atoms with Crippen LogP contribution in [0.5, 0.6) is 0 Å². The molecule has 0 spiro atoms. The van der Waals surface area contributed by atoms with Gasteiger partial charge in [0.15, 0.2) is 5.82 Å². The van der Waals surface area contributed by atoms with E-state index in [-0.39, 0.29) is 5.56 Å². The van der Waals surface area contributed by atoms with Gasteiger partial charge in [-0.05, 0) is 26.9 Å². The van der Waals surface area contributed by atoms with Gasteiger partial charge in [0.1, 0.15) is 0 Å². The van der Waals surface area contributed by atoms with Crippen LogP contribution in [0.2, 0.25) is 0 Å². The topological polar surface area (TPSA) is 50.2 Å². The lowest BCUT2D eigenvalue weighted by Crippen LogP contribution is -2.34.